The third-order valence-corrected chi connectivity index (χ3v) is 6.01. The number of thiazole rings is 1. The Kier molecular flexibility index (Phi) is 11.3. The molecule has 1 aromatic rings. The summed E-state index contributed by atoms with van der Waals surface area (Å²) in [5, 5.41) is 2.74. The van der Waals surface area contributed by atoms with Crippen LogP contribution in [-0.2, 0) is 11.2 Å². The summed E-state index contributed by atoms with van der Waals surface area (Å²) in [6.07, 6.45) is 5.41. The van der Waals surface area contributed by atoms with Crippen LogP contribution < -0.4 is 5.73 Å². The second-order valence-electron chi connectivity index (χ2n) is 7.03. The van der Waals surface area contributed by atoms with Gasteiger partial charge in [0.15, 0.2) is 0 Å². The first-order chi connectivity index (χ1) is 12.7. The van der Waals surface area contributed by atoms with Gasteiger partial charge in [-0.3, -0.25) is 14.5 Å². The second-order valence-corrected chi connectivity index (χ2v) is 7.97. The highest BCUT2D eigenvalue weighted by Crippen LogP contribution is 2.14. The molecular weight excluding hydrogens is 421 g/mol. The zero-order valence-corrected chi connectivity index (χ0v) is 18.6. The first kappa shape index (κ1) is 25.1. The summed E-state index contributed by atoms with van der Waals surface area (Å²) in [6, 6.07) is 0. The minimum atomic E-state index is -0.0111. The Hall–Kier alpha value is -0.930. The van der Waals surface area contributed by atoms with Crippen molar-refractivity contribution in [2.24, 2.45) is 5.73 Å². The number of likely N-dealkylation sites (tertiary alicyclic amines) is 1. The maximum Gasteiger partial charge on any atom is 0.273 e. The molecular formula is C18H31Cl2N5O2S. The minimum Gasteiger partial charge on any atom is -0.342 e. The molecule has 0 unspecified atom stereocenters. The molecule has 3 rings (SSSR count). The SMILES string of the molecule is Cl.Cl.NCCc1nc(C(=O)N2CCN(CC(=O)N3CCCCCC3)CC2)cs1. The van der Waals surface area contributed by atoms with E-state index in [1.165, 1.54) is 24.2 Å². The molecule has 160 valence electrons. The van der Waals surface area contributed by atoms with Gasteiger partial charge < -0.3 is 15.5 Å². The van der Waals surface area contributed by atoms with Crippen molar-refractivity contribution in [2.45, 2.75) is 32.1 Å². The largest absolute Gasteiger partial charge is 0.342 e. The highest BCUT2D eigenvalue weighted by Gasteiger charge is 2.26. The Labute approximate surface area is 183 Å². The molecule has 2 N–H and O–H groups in total. The first-order valence-electron chi connectivity index (χ1n) is 9.61. The van der Waals surface area contributed by atoms with Crippen molar-refractivity contribution in [3.63, 3.8) is 0 Å². The summed E-state index contributed by atoms with van der Waals surface area (Å²) in [7, 11) is 0. The number of piperazine rings is 1. The number of hydrogen-bond donors (Lipinski definition) is 1. The number of amides is 2. The van der Waals surface area contributed by atoms with Crippen LogP contribution in [0.3, 0.4) is 0 Å². The molecule has 0 aromatic carbocycles. The summed E-state index contributed by atoms with van der Waals surface area (Å²) < 4.78 is 0. The van der Waals surface area contributed by atoms with Crippen LogP contribution in [0.5, 0.6) is 0 Å². The van der Waals surface area contributed by atoms with Crippen molar-refractivity contribution >= 4 is 48.0 Å². The number of nitrogens with two attached hydrogens (primary N) is 1. The van der Waals surface area contributed by atoms with Crippen LogP contribution in [0, 0.1) is 0 Å². The number of aromatic nitrogens is 1. The third-order valence-electron chi connectivity index (χ3n) is 5.11. The molecule has 7 nitrogen and oxygen atoms in total. The van der Waals surface area contributed by atoms with Crippen LogP contribution in [-0.4, -0.2) is 83.9 Å². The lowest BCUT2D eigenvalue weighted by molar-refractivity contribution is -0.132. The van der Waals surface area contributed by atoms with Crippen LogP contribution in [0.25, 0.3) is 0 Å². The van der Waals surface area contributed by atoms with Crippen LogP contribution in [0.15, 0.2) is 5.38 Å². The molecule has 0 radical (unpaired) electrons. The zero-order valence-electron chi connectivity index (χ0n) is 16.2. The normalized spacial score (nSPS) is 18.0. The molecule has 3 heterocycles. The van der Waals surface area contributed by atoms with Gasteiger partial charge >= 0.3 is 0 Å². The van der Waals surface area contributed by atoms with Crippen LogP contribution in [0.4, 0.5) is 0 Å². The van der Waals surface area contributed by atoms with E-state index < -0.39 is 0 Å². The summed E-state index contributed by atoms with van der Waals surface area (Å²) in [5.74, 6) is 0.223. The summed E-state index contributed by atoms with van der Waals surface area (Å²) >= 11 is 1.49. The number of carbonyl (C=O) groups is 2. The topological polar surface area (TPSA) is 82.8 Å². The fourth-order valence-electron chi connectivity index (χ4n) is 3.53. The predicted molar refractivity (Wildman–Crippen MR) is 117 cm³/mol. The van der Waals surface area contributed by atoms with E-state index in [1.807, 2.05) is 15.2 Å². The zero-order chi connectivity index (χ0) is 18.4. The Bertz CT molecular complexity index is 615. The highest BCUT2D eigenvalue weighted by molar-refractivity contribution is 7.09. The Morgan fingerprint density at radius 3 is 2.21 bits per heavy atom. The molecule has 0 saturated carbocycles. The van der Waals surface area contributed by atoms with Crippen molar-refractivity contribution in [1.82, 2.24) is 19.7 Å². The standard InChI is InChI=1S/C18H29N5O2S.2ClH/c19-6-5-16-20-15(14-26-16)18(25)23-11-9-21(10-12-23)13-17(24)22-7-3-1-2-4-8-22;;/h14H,1-13,19H2;2*1H. The summed E-state index contributed by atoms with van der Waals surface area (Å²) in [4.78, 5) is 35.5. The van der Waals surface area contributed by atoms with Gasteiger partial charge in [0.2, 0.25) is 5.91 Å². The van der Waals surface area contributed by atoms with Gasteiger partial charge in [0.1, 0.15) is 5.69 Å². The number of hydrogen-bond acceptors (Lipinski definition) is 6. The maximum absolute atomic E-state index is 12.6. The van der Waals surface area contributed by atoms with Gasteiger partial charge in [0.05, 0.1) is 11.6 Å². The Balaban J connectivity index is 0.00000196. The number of rotatable bonds is 5. The fourth-order valence-corrected chi connectivity index (χ4v) is 4.32. The molecule has 0 bridgehead atoms. The predicted octanol–water partition coefficient (Wildman–Crippen LogP) is 1.65. The van der Waals surface area contributed by atoms with Gasteiger partial charge in [-0.15, -0.1) is 36.2 Å². The number of nitrogens with zero attached hydrogens (tertiary/aromatic N) is 4. The molecule has 2 saturated heterocycles. The maximum atomic E-state index is 12.6. The van der Waals surface area contributed by atoms with Gasteiger partial charge in [-0.25, -0.2) is 4.98 Å². The van der Waals surface area contributed by atoms with Crippen molar-refractivity contribution in [3.05, 3.63) is 16.1 Å². The molecule has 0 aliphatic carbocycles. The van der Waals surface area contributed by atoms with E-state index in [9.17, 15) is 9.59 Å². The smallest absolute Gasteiger partial charge is 0.273 e. The van der Waals surface area contributed by atoms with Gasteiger partial charge in [-0.2, -0.15) is 0 Å². The van der Waals surface area contributed by atoms with E-state index in [0.29, 0.717) is 38.3 Å². The van der Waals surface area contributed by atoms with Gasteiger partial charge in [-0.1, -0.05) is 12.8 Å². The molecule has 2 aliphatic heterocycles. The van der Waals surface area contributed by atoms with Crippen molar-refractivity contribution in [3.8, 4) is 0 Å². The monoisotopic (exact) mass is 451 g/mol. The molecule has 1 aromatic heterocycles. The molecule has 0 spiro atoms. The lowest BCUT2D eigenvalue weighted by atomic mass is 10.2. The molecule has 2 fully saturated rings. The summed E-state index contributed by atoms with van der Waals surface area (Å²) in [6.45, 7) is 5.59. The number of carbonyl (C=O) groups excluding carboxylic acids is 2. The Morgan fingerprint density at radius 1 is 0.964 bits per heavy atom. The van der Waals surface area contributed by atoms with Crippen LogP contribution in [0.2, 0.25) is 0 Å². The lowest BCUT2D eigenvalue weighted by Gasteiger charge is -2.35. The van der Waals surface area contributed by atoms with E-state index in [2.05, 4.69) is 9.88 Å². The van der Waals surface area contributed by atoms with Crippen molar-refractivity contribution in [1.29, 1.82) is 0 Å². The average Bonchev–Trinajstić information content (AvgIpc) is 2.94. The van der Waals surface area contributed by atoms with Crippen molar-refractivity contribution < 1.29 is 9.59 Å². The lowest BCUT2D eigenvalue weighted by Crippen LogP contribution is -2.51. The fraction of sp³-hybridized carbons (Fsp3) is 0.722. The first-order valence-corrected chi connectivity index (χ1v) is 10.5. The van der Waals surface area contributed by atoms with E-state index >= 15 is 0 Å². The van der Waals surface area contributed by atoms with Gasteiger partial charge in [-0.05, 0) is 19.4 Å². The average molecular weight is 452 g/mol. The number of halogens is 2. The van der Waals surface area contributed by atoms with Gasteiger partial charge in [0, 0.05) is 51.1 Å². The van der Waals surface area contributed by atoms with E-state index in [4.69, 9.17) is 5.73 Å². The van der Waals surface area contributed by atoms with Crippen LogP contribution in [0.1, 0.15) is 41.2 Å². The van der Waals surface area contributed by atoms with Crippen molar-refractivity contribution in [2.75, 3.05) is 52.4 Å². The Morgan fingerprint density at radius 2 is 1.61 bits per heavy atom. The van der Waals surface area contributed by atoms with E-state index in [1.54, 1.807) is 0 Å². The molecule has 10 heteroatoms. The third kappa shape index (κ3) is 6.84. The molecule has 2 amide bonds. The quantitative estimate of drug-likeness (QED) is 0.735. The minimum absolute atomic E-state index is 0. The van der Waals surface area contributed by atoms with Crippen LogP contribution >= 0.6 is 36.2 Å². The molecule has 28 heavy (non-hydrogen) atoms. The molecule has 2 aliphatic rings. The molecule has 0 atom stereocenters. The van der Waals surface area contributed by atoms with E-state index in [0.717, 1.165) is 44.0 Å². The second kappa shape index (κ2) is 12.6. The van der Waals surface area contributed by atoms with Gasteiger partial charge in [0.25, 0.3) is 5.91 Å². The highest BCUT2D eigenvalue weighted by atomic mass is 35.5. The summed E-state index contributed by atoms with van der Waals surface area (Å²) in [5.41, 5.74) is 6.06. The van der Waals surface area contributed by atoms with E-state index in [-0.39, 0.29) is 36.6 Å².